The molecule has 9 nitrogen and oxygen atoms in total. The molecule has 1 aliphatic heterocycles. The van der Waals surface area contributed by atoms with E-state index in [1.807, 2.05) is 0 Å². The van der Waals surface area contributed by atoms with Crippen molar-refractivity contribution in [1.29, 1.82) is 5.41 Å². The number of carboxylic acids is 1. The van der Waals surface area contributed by atoms with Gasteiger partial charge < -0.3 is 15.7 Å². The van der Waals surface area contributed by atoms with Crippen molar-refractivity contribution in [2.75, 3.05) is 13.1 Å². The lowest BCUT2D eigenvalue weighted by Gasteiger charge is -2.44. The number of carbonyl (C=O) groups excluding carboxylic acids is 3. The average Bonchev–Trinajstić information content (AvgIpc) is 3.16. The summed E-state index contributed by atoms with van der Waals surface area (Å²) in [7, 11) is 0. The minimum Gasteiger partial charge on any atom is -0.478 e. The minimum atomic E-state index is -9.30. The molecule has 5 N–H and O–H groups in total. The molecule has 0 aliphatic carbocycles. The van der Waals surface area contributed by atoms with Gasteiger partial charge in [-0.1, -0.05) is 0 Å². The van der Waals surface area contributed by atoms with Gasteiger partial charge in [0.25, 0.3) is 11.8 Å². The Morgan fingerprint density at radius 1 is 0.486 bits per heavy atom. The maximum atomic E-state index is 15.4. The zero-order valence-electron chi connectivity index (χ0n) is 31.6. The monoisotopic (exact) mass is 1090 g/mol. The zero-order valence-corrected chi connectivity index (χ0v) is 31.6. The van der Waals surface area contributed by atoms with E-state index < -0.39 is 170 Å². The Morgan fingerprint density at radius 3 is 1.11 bits per heavy atom. The van der Waals surface area contributed by atoms with Crippen LogP contribution in [-0.2, 0) is 0 Å². The molecule has 1 aliphatic rings. The van der Waals surface area contributed by atoms with Crippen LogP contribution in [0.25, 0.3) is 10.8 Å². The first-order chi connectivity index (χ1) is 30.5. The number of nitrogens with two attached hydrogens (primary N) is 1. The van der Waals surface area contributed by atoms with Crippen LogP contribution < -0.4 is 11.1 Å². The van der Waals surface area contributed by atoms with Gasteiger partial charge in [-0.3, -0.25) is 25.1 Å². The molecule has 39 heteroatoms. The number of primary amides is 1. The topological polar surface area (TPSA) is 154 Å². The van der Waals surface area contributed by atoms with Crippen LogP contribution in [0.1, 0.15) is 47.0 Å². The van der Waals surface area contributed by atoms with Gasteiger partial charge in [0.1, 0.15) is 5.84 Å². The molecule has 0 spiro atoms. The molecule has 0 unspecified atom stereocenters. The fourth-order valence-corrected chi connectivity index (χ4v) is 5.84. The highest BCUT2D eigenvalue weighted by molar-refractivity contribution is 6.31. The number of amidine groups is 1. The molecule has 0 radical (unpaired) electrons. The van der Waals surface area contributed by atoms with E-state index in [2.05, 4.69) is 0 Å². The molecular formula is C31H12F30N4O5. The number of nitrogens with one attached hydrogen (secondary N) is 2. The summed E-state index contributed by atoms with van der Waals surface area (Å²) in [6, 6.07) is 0.0530. The second-order valence-electron chi connectivity index (χ2n) is 14.1. The molecule has 0 saturated heterocycles. The molecule has 3 amide bonds. The van der Waals surface area contributed by atoms with Gasteiger partial charge in [-0.2, -0.15) is 132 Å². The Hall–Kier alpha value is -5.85. The summed E-state index contributed by atoms with van der Waals surface area (Å²) < 4.78 is 421. The highest BCUT2D eigenvalue weighted by Crippen LogP contribution is 2.64. The molecule has 2 aromatic rings. The lowest BCUT2D eigenvalue weighted by atomic mass is 9.85. The molecule has 396 valence electrons. The Balaban J connectivity index is 2.57. The van der Waals surface area contributed by atoms with E-state index >= 15 is 17.6 Å². The van der Waals surface area contributed by atoms with Crippen LogP contribution in [0.4, 0.5) is 132 Å². The van der Waals surface area contributed by atoms with Gasteiger partial charge in [0, 0.05) is 33.0 Å². The molecule has 2 aromatic carbocycles. The lowest BCUT2D eigenvalue weighted by Crippen LogP contribution is -2.74. The molecule has 0 saturated carbocycles. The van der Waals surface area contributed by atoms with Crippen molar-refractivity contribution in [3.05, 3.63) is 46.0 Å². The summed E-state index contributed by atoms with van der Waals surface area (Å²) in [5.41, 5.74) is -4.16. The second kappa shape index (κ2) is 16.1. The summed E-state index contributed by atoms with van der Waals surface area (Å²) in [6.07, 6.45) is -16.5. The van der Waals surface area contributed by atoms with Gasteiger partial charge in [-0.05, 0) is 18.2 Å². The van der Waals surface area contributed by atoms with E-state index in [9.17, 15) is 138 Å². The van der Waals surface area contributed by atoms with Crippen molar-refractivity contribution in [3.8, 4) is 0 Å². The summed E-state index contributed by atoms with van der Waals surface area (Å²) in [6.45, 7) is -9.79. The van der Waals surface area contributed by atoms with Crippen molar-refractivity contribution < 1.29 is 156 Å². The second-order valence-corrected chi connectivity index (χ2v) is 14.1. The fraction of sp³-hybridized carbons (Fsp3) is 0.516. The first-order valence-electron chi connectivity index (χ1n) is 16.5. The van der Waals surface area contributed by atoms with Crippen LogP contribution in [-0.4, -0.2) is 136 Å². The zero-order chi connectivity index (χ0) is 55.7. The van der Waals surface area contributed by atoms with E-state index in [1.54, 1.807) is 0 Å². The van der Waals surface area contributed by atoms with Gasteiger partial charge in [0.2, 0.25) is 5.91 Å². The Bertz CT molecular complexity index is 2420. The quantitative estimate of drug-likeness (QED) is 0.0536. The number of imide groups is 1. The molecule has 0 aromatic heterocycles. The van der Waals surface area contributed by atoms with Crippen LogP contribution in [0.3, 0.4) is 0 Å². The largest absolute Gasteiger partial charge is 0.478 e. The third-order valence-electron chi connectivity index (χ3n) is 9.61. The number of carboxylic acid groups (broad SMARTS) is 1. The number of hydrogen-bond acceptors (Lipinski definition) is 5. The molecule has 0 atom stereocenters. The predicted octanol–water partition coefficient (Wildman–Crippen LogP) is 9.90. The Labute approximate surface area is 361 Å². The number of amides is 3. The first-order valence-corrected chi connectivity index (χ1v) is 16.5. The minimum absolute atomic E-state index is 0.0799. The number of alkyl halides is 30. The smallest absolute Gasteiger partial charge is 0.460 e. The molecule has 0 bridgehead atoms. The molecular weight excluding hydrogens is 1080 g/mol. The molecule has 3 rings (SSSR count). The van der Waals surface area contributed by atoms with Crippen molar-refractivity contribution >= 4 is 40.3 Å². The van der Waals surface area contributed by atoms with E-state index in [1.165, 1.54) is 5.32 Å². The fourth-order valence-electron chi connectivity index (χ4n) is 5.84. The van der Waals surface area contributed by atoms with Crippen LogP contribution >= 0.6 is 0 Å². The van der Waals surface area contributed by atoms with Gasteiger partial charge in [-0.15, -0.1) is 0 Å². The maximum absolute atomic E-state index is 15.4. The molecule has 0 fully saturated rings. The normalized spacial score (nSPS) is 15.9. The standard InChI is InChI=1S/C31H12F30N4O5/c32-18(33,20(36,37)22(40,41)24(44,45)26(48,49)28(52,53)30(56,57)58)4-65(5-19(34,35)21(38,39)23(42,43)25(46,47)27(50,51)29(54,55)31(59,60)61)13(62)12-9(17(69)70)3-8-10-7(15(67)64-16(8)68)2-1-6(11(10)12)14(63)66/h1-3,62H,4-5H2,(H2,63,66)(H,69,70)(H,64,67,68). The third-order valence-corrected chi connectivity index (χ3v) is 9.61. The Morgan fingerprint density at radius 2 is 0.800 bits per heavy atom. The van der Waals surface area contributed by atoms with Crippen molar-refractivity contribution in [2.24, 2.45) is 5.73 Å². The SMILES string of the molecule is N=C(c1c(C(=O)O)cc2c3c(ccc(C(N)=O)c13)C(=O)NC2=O)N(CC(F)(F)C(F)(F)C(F)(F)C(F)(F)C(F)(F)C(F)(F)C(F)(F)F)CC(F)(F)C(F)(F)C(F)(F)C(F)(F)C(F)(F)C(F)(F)C(F)(F)F. The van der Waals surface area contributed by atoms with E-state index in [-0.39, 0.29) is 12.1 Å². The third kappa shape index (κ3) is 7.75. The Kier molecular flexibility index (Phi) is 13.4. The highest BCUT2D eigenvalue weighted by atomic mass is 19.4. The number of hydrogen-bond donors (Lipinski definition) is 4. The first kappa shape index (κ1) is 58.5. The number of nitrogens with zero attached hydrogens (tertiary/aromatic N) is 1. The highest BCUT2D eigenvalue weighted by Gasteiger charge is 2.95. The van der Waals surface area contributed by atoms with Crippen LogP contribution in [0.15, 0.2) is 18.2 Å². The predicted molar refractivity (Wildman–Crippen MR) is 161 cm³/mol. The number of carbonyl (C=O) groups is 4. The van der Waals surface area contributed by atoms with Crippen molar-refractivity contribution in [2.45, 2.75) is 83.4 Å². The lowest BCUT2D eigenvalue weighted by molar-refractivity contribution is -0.454. The number of rotatable bonds is 17. The summed E-state index contributed by atoms with van der Waals surface area (Å²) in [4.78, 5) is 47.2. The molecule has 1 heterocycles. The summed E-state index contributed by atoms with van der Waals surface area (Å²) in [5.74, 6) is -120. The summed E-state index contributed by atoms with van der Waals surface area (Å²) in [5, 5.41) is 15.8. The number of aromatic carboxylic acids is 1. The van der Waals surface area contributed by atoms with Crippen molar-refractivity contribution in [3.63, 3.8) is 0 Å². The van der Waals surface area contributed by atoms with E-state index in [0.29, 0.717) is 6.07 Å². The van der Waals surface area contributed by atoms with Crippen molar-refractivity contribution in [1.82, 2.24) is 10.2 Å². The molecule has 70 heavy (non-hydrogen) atoms. The van der Waals surface area contributed by atoms with Crippen LogP contribution in [0.2, 0.25) is 0 Å². The number of halogens is 30. The van der Waals surface area contributed by atoms with Gasteiger partial charge in [0.15, 0.2) is 0 Å². The van der Waals surface area contributed by atoms with E-state index in [0.717, 1.165) is 0 Å². The average molecular weight is 1090 g/mol. The van der Waals surface area contributed by atoms with Gasteiger partial charge in [-0.25, -0.2) is 4.79 Å². The maximum Gasteiger partial charge on any atom is 0.460 e. The van der Waals surface area contributed by atoms with Gasteiger partial charge in [0.05, 0.1) is 18.7 Å². The van der Waals surface area contributed by atoms with Gasteiger partial charge >= 0.3 is 89.4 Å². The van der Waals surface area contributed by atoms with E-state index in [4.69, 9.17) is 11.1 Å². The number of benzene rings is 2. The summed E-state index contributed by atoms with van der Waals surface area (Å²) >= 11 is 0. The van der Waals surface area contributed by atoms with Crippen LogP contribution in [0, 0.1) is 5.41 Å². The van der Waals surface area contributed by atoms with Crippen LogP contribution in [0.5, 0.6) is 0 Å².